The number of carbonyl (C=O) groups is 1. The molecule has 0 N–H and O–H groups in total. The van der Waals surface area contributed by atoms with E-state index in [1.54, 1.807) is 32.4 Å². The van der Waals surface area contributed by atoms with E-state index in [0.717, 1.165) is 19.4 Å². The average Bonchev–Trinajstić information content (AvgIpc) is 3.10. The fourth-order valence-corrected chi connectivity index (χ4v) is 3.43. The summed E-state index contributed by atoms with van der Waals surface area (Å²) in [6.07, 6.45) is 2.03. The van der Waals surface area contributed by atoms with Gasteiger partial charge in [0.2, 0.25) is 0 Å². The number of methoxy groups -OCH3 is 2. The lowest BCUT2D eigenvalue weighted by atomic mass is 9.99. The van der Waals surface area contributed by atoms with E-state index in [1.807, 2.05) is 17.0 Å². The van der Waals surface area contributed by atoms with E-state index in [0.29, 0.717) is 17.1 Å². The Labute approximate surface area is 143 Å². The predicted octanol–water partition coefficient (Wildman–Crippen LogP) is 3.99. The molecule has 4 nitrogen and oxygen atoms in total. The van der Waals surface area contributed by atoms with Gasteiger partial charge in [0.15, 0.2) is 11.5 Å². The summed E-state index contributed by atoms with van der Waals surface area (Å²) in [5.41, 5.74) is 3.10. The van der Waals surface area contributed by atoms with Gasteiger partial charge in [0.1, 0.15) is 0 Å². The summed E-state index contributed by atoms with van der Waals surface area (Å²) in [5.74, 6) is 1.25. The lowest BCUT2D eigenvalue weighted by Gasteiger charge is -2.26. The normalized spacial score (nSPS) is 17.0. The van der Waals surface area contributed by atoms with E-state index < -0.39 is 0 Å². The molecule has 1 aliphatic rings. The largest absolute Gasteiger partial charge is 0.493 e. The van der Waals surface area contributed by atoms with Crippen molar-refractivity contribution in [2.45, 2.75) is 25.8 Å². The second-order valence-electron chi connectivity index (χ2n) is 6.08. The summed E-state index contributed by atoms with van der Waals surface area (Å²) in [6, 6.07) is 13.8. The van der Waals surface area contributed by atoms with Crippen molar-refractivity contribution in [3.05, 3.63) is 59.2 Å². The maximum absolute atomic E-state index is 13.0. The first-order valence-corrected chi connectivity index (χ1v) is 8.24. The van der Waals surface area contributed by atoms with Crippen molar-refractivity contribution in [2.75, 3.05) is 20.8 Å². The molecule has 126 valence electrons. The topological polar surface area (TPSA) is 38.8 Å². The molecule has 0 radical (unpaired) electrons. The molecule has 4 heteroatoms. The molecule has 0 spiro atoms. The number of likely N-dealkylation sites (tertiary alicyclic amines) is 1. The zero-order valence-electron chi connectivity index (χ0n) is 14.4. The summed E-state index contributed by atoms with van der Waals surface area (Å²) >= 11 is 0. The average molecular weight is 325 g/mol. The van der Waals surface area contributed by atoms with E-state index in [9.17, 15) is 4.79 Å². The van der Waals surface area contributed by atoms with Gasteiger partial charge in [-0.05, 0) is 49.1 Å². The second kappa shape index (κ2) is 6.95. The van der Waals surface area contributed by atoms with Crippen LogP contribution in [0.3, 0.4) is 0 Å². The Bertz CT molecular complexity index is 741. The van der Waals surface area contributed by atoms with Gasteiger partial charge in [-0.25, -0.2) is 0 Å². The van der Waals surface area contributed by atoms with Crippen LogP contribution in [0.15, 0.2) is 42.5 Å². The zero-order valence-corrected chi connectivity index (χ0v) is 14.4. The Balaban J connectivity index is 1.90. The van der Waals surface area contributed by atoms with E-state index >= 15 is 0 Å². The van der Waals surface area contributed by atoms with E-state index in [2.05, 4.69) is 19.1 Å². The molecule has 2 aromatic carbocycles. The molecule has 1 saturated heterocycles. The zero-order chi connectivity index (χ0) is 17.1. The third-order valence-electron chi connectivity index (χ3n) is 4.69. The van der Waals surface area contributed by atoms with Gasteiger partial charge >= 0.3 is 0 Å². The van der Waals surface area contributed by atoms with Crippen LogP contribution in [0.5, 0.6) is 11.5 Å². The maximum atomic E-state index is 13.0. The lowest BCUT2D eigenvalue weighted by Crippen LogP contribution is -2.30. The van der Waals surface area contributed by atoms with Crippen LogP contribution in [0.25, 0.3) is 0 Å². The van der Waals surface area contributed by atoms with Crippen LogP contribution in [0, 0.1) is 6.92 Å². The molecule has 24 heavy (non-hydrogen) atoms. The van der Waals surface area contributed by atoms with Crippen molar-refractivity contribution < 1.29 is 14.3 Å². The van der Waals surface area contributed by atoms with Crippen molar-refractivity contribution in [1.82, 2.24) is 4.90 Å². The van der Waals surface area contributed by atoms with Gasteiger partial charge < -0.3 is 14.4 Å². The molecule has 0 unspecified atom stereocenters. The molecule has 0 aromatic heterocycles. The third-order valence-corrected chi connectivity index (χ3v) is 4.69. The Kier molecular flexibility index (Phi) is 4.74. The number of aryl methyl sites for hydroxylation is 1. The summed E-state index contributed by atoms with van der Waals surface area (Å²) < 4.78 is 10.6. The highest BCUT2D eigenvalue weighted by atomic mass is 16.5. The molecular weight excluding hydrogens is 302 g/mol. The minimum atomic E-state index is 0.0432. The van der Waals surface area contributed by atoms with Crippen LogP contribution < -0.4 is 9.47 Å². The van der Waals surface area contributed by atoms with Crippen molar-refractivity contribution in [1.29, 1.82) is 0 Å². The SMILES string of the molecule is COc1ccc(C(=O)N2CCC[C@@H]2c2ccccc2C)cc1OC. The maximum Gasteiger partial charge on any atom is 0.254 e. The lowest BCUT2D eigenvalue weighted by molar-refractivity contribution is 0.0735. The van der Waals surface area contributed by atoms with Gasteiger partial charge in [-0.3, -0.25) is 4.79 Å². The summed E-state index contributed by atoms with van der Waals surface area (Å²) in [4.78, 5) is 15.0. The highest BCUT2D eigenvalue weighted by Crippen LogP contribution is 2.36. The number of hydrogen-bond acceptors (Lipinski definition) is 3. The van der Waals surface area contributed by atoms with Crippen molar-refractivity contribution in [2.24, 2.45) is 0 Å². The Morgan fingerprint density at radius 3 is 2.54 bits per heavy atom. The van der Waals surface area contributed by atoms with E-state index in [-0.39, 0.29) is 11.9 Å². The number of hydrogen-bond donors (Lipinski definition) is 0. The molecule has 1 aliphatic heterocycles. The monoisotopic (exact) mass is 325 g/mol. The molecule has 2 aromatic rings. The molecule has 1 fully saturated rings. The van der Waals surface area contributed by atoms with Crippen LogP contribution in [-0.4, -0.2) is 31.6 Å². The predicted molar refractivity (Wildman–Crippen MR) is 93.7 cm³/mol. The Morgan fingerprint density at radius 2 is 1.83 bits per heavy atom. The smallest absolute Gasteiger partial charge is 0.254 e. The van der Waals surface area contributed by atoms with Crippen molar-refractivity contribution in [3.8, 4) is 11.5 Å². The Morgan fingerprint density at radius 1 is 1.08 bits per heavy atom. The van der Waals surface area contributed by atoms with Crippen molar-refractivity contribution in [3.63, 3.8) is 0 Å². The Hall–Kier alpha value is -2.49. The minimum absolute atomic E-state index is 0.0432. The molecule has 0 bridgehead atoms. The molecule has 0 saturated carbocycles. The first-order chi connectivity index (χ1) is 11.7. The number of rotatable bonds is 4. The standard InChI is InChI=1S/C20H23NO3/c1-14-7-4-5-8-16(14)17-9-6-12-21(17)20(22)15-10-11-18(23-2)19(13-15)24-3/h4-5,7-8,10-11,13,17H,6,9,12H2,1-3H3/t17-/m1/s1. The number of nitrogens with zero attached hydrogens (tertiary/aromatic N) is 1. The number of ether oxygens (including phenoxy) is 2. The van der Waals surface area contributed by atoms with Crippen LogP contribution in [-0.2, 0) is 0 Å². The molecule has 0 aliphatic carbocycles. The second-order valence-corrected chi connectivity index (χ2v) is 6.08. The third kappa shape index (κ3) is 2.96. The van der Waals surface area contributed by atoms with Gasteiger partial charge in [-0.15, -0.1) is 0 Å². The fraction of sp³-hybridized carbons (Fsp3) is 0.350. The van der Waals surface area contributed by atoms with Crippen LogP contribution in [0.1, 0.15) is 40.4 Å². The van der Waals surface area contributed by atoms with Crippen molar-refractivity contribution >= 4 is 5.91 Å². The van der Waals surface area contributed by atoms with Gasteiger partial charge in [0.25, 0.3) is 5.91 Å². The fourth-order valence-electron chi connectivity index (χ4n) is 3.43. The van der Waals surface area contributed by atoms with E-state index in [4.69, 9.17) is 9.47 Å². The first kappa shape index (κ1) is 16.4. The van der Waals surface area contributed by atoms with Crippen LogP contribution >= 0.6 is 0 Å². The number of amides is 1. The number of carbonyl (C=O) groups excluding carboxylic acids is 1. The summed E-state index contributed by atoms with van der Waals surface area (Å²) in [6.45, 7) is 2.89. The number of benzene rings is 2. The molecule has 1 heterocycles. The van der Waals surface area contributed by atoms with Crippen LogP contribution in [0.4, 0.5) is 0 Å². The van der Waals surface area contributed by atoms with Gasteiger partial charge in [0, 0.05) is 12.1 Å². The molecule has 1 amide bonds. The summed E-state index contributed by atoms with van der Waals surface area (Å²) in [5, 5.41) is 0. The van der Waals surface area contributed by atoms with Gasteiger partial charge in [-0.2, -0.15) is 0 Å². The molecular formula is C20H23NO3. The summed E-state index contributed by atoms with van der Waals surface area (Å²) in [7, 11) is 3.17. The minimum Gasteiger partial charge on any atom is -0.493 e. The molecule has 1 atom stereocenters. The van der Waals surface area contributed by atoms with Gasteiger partial charge in [0.05, 0.1) is 20.3 Å². The van der Waals surface area contributed by atoms with Gasteiger partial charge in [-0.1, -0.05) is 24.3 Å². The quantitative estimate of drug-likeness (QED) is 0.853. The highest BCUT2D eigenvalue weighted by Gasteiger charge is 2.31. The molecule has 3 rings (SSSR count). The highest BCUT2D eigenvalue weighted by molar-refractivity contribution is 5.95. The first-order valence-electron chi connectivity index (χ1n) is 8.24. The van der Waals surface area contributed by atoms with E-state index in [1.165, 1.54) is 11.1 Å². The van der Waals surface area contributed by atoms with Crippen LogP contribution in [0.2, 0.25) is 0 Å².